The number of ether oxygens (including phenoxy) is 2. The Kier molecular flexibility index (Phi) is 5.51. The fourth-order valence-corrected chi connectivity index (χ4v) is 4.79. The van der Waals surface area contributed by atoms with Crippen LogP contribution in [0.15, 0.2) is 102 Å². The Balaban J connectivity index is 1.62. The molecule has 1 N–H and O–H groups in total. The summed E-state index contributed by atoms with van der Waals surface area (Å²) in [6.07, 6.45) is 0. The van der Waals surface area contributed by atoms with E-state index < -0.39 is 15.9 Å². The topological polar surface area (TPSA) is 82.1 Å². The molecule has 0 saturated heterocycles. The normalized spacial score (nSPS) is 14.1. The molecule has 172 valence electrons. The van der Waals surface area contributed by atoms with E-state index in [2.05, 4.69) is 0 Å². The summed E-state index contributed by atoms with van der Waals surface area (Å²) in [5.41, 5.74) is 2.79. The molecule has 1 heterocycles. The lowest BCUT2D eigenvalue weighted by Crippen LogP contribution is -2.36. The van der Waals surface area contributed by atoms with Gasteiger partial charge in [-0.3, -0.25) is 0 Å². The zero-order valence-corrected chi connectivity index (χ0v) is 19.2. The average Bonchev–Trinajstić information content (AvgIpc) is 3.26. The predicted molar refractivity (Wildman–Crippen MR) is 126 cm³/mol. The maximum absolute atomic E-state index is 13.0. The average molecular weight is 475 g/mol. The van der Waals surface area contributed by atoms with Crippen LogP contribution in [-0.4, -0.2) is 13.5 Å². The summed E-state index contributed by atoms with van der Waals surface area (Å²) in [5.74, 6) is -1.00. The minimum absolute atomic E-state index is 0.0116. The van der Waals surface area contributed by atoms with Crippen molar-refractivity contribution in [2.24, 2.45) is 0 Å². The van der Waals surface area contributed by atoms with Crippen LogP contribution in [0.4, 0.5) is 0 Å². The van der Waals surface area contributed by atoms with E-state index in [-0.39, 0.29) is 28.8 Å². The first-order valence-electron chi connectivity index (χ1n) is 10.7. The first kappa shape index (κ1) is 22.0. The van der Waals surface area contributed by atoms with Crippen LogP contribution in [0.3, 0.4) is 0 Å². The van der Waals surface area contributed by atoms with Gasteiger partial charge in [0.1, 0.15) is 4.90 Å². The number of rotatable bonds is 6. The van der Waals surface area contributed by atoms with Crippen LogP contribution in [0.25, 0.3) is 0 Å². The molecule has 6 nitrogen and oxygen atoms in total. The summed E-state index contributed by atoms with van der Waals surface area (Å²) < 4.78 is 44.4. The van der Waals surface area contributed by atoms with Crippen LogP contribution in [0.2, 0.25) is 0 Å². The molecule has 5 rings (SSSR count). The second-order valence-electron chi connectivity index (χ2n) is 7.98. The van der Waals surface area contributed by atoms with Crippen molar-refractivity contribution in [2.75, 3.05) is 0 Å². The van der Waals surface area contributed by atoms with E-state index in [1.54, 1.807) is 18.2 Å². The van der Waals surface area contributed by atoms with Crippen molar-refractivity contribution >= 4 is 10.1 Å². The predicted octanol–water partition coefficient (Wildman–Crippen LogP) is 4.93. The Bertz CT molecular complexity index is 1380. The highest BCUT2D eigenvalue weighted by molar-refractivity contribution is 7.87. The maximum atomic E-state index is 13.0. The minimum atomic E-state index is -4.16. The standard InChI is InChI=1S/C27H22O6S/c1-19-12-14-23(15-13-19)34(29,30)33-25-17-20(18-28)16-24-26(25)32-27(31-24,21-8-4-2-5-9-21)22-10-6-3-7-11-22/h2-17,28H,18H2,1H3. The lowest BCUT2D eigenvalue weighted by molar-refractivity contribution is -0.0464. The first-order chi connectivity index (χ1) is 16.4. The van der Waals surface area contributed by atoms with Crippen molar-refractivity contribution in [1.82, 2.24) is 0 Å². The minimum Gasteiger partial charge on any atom is -0.440 e. The van der Waals surface area contributed by atoms with Gasteiger partial charge < -0.3 is 18.8 Å². The van der Waals surface area contributed by atoms with Gasteiger partial charge in [0.15, 0.2) is 11.5 Å². The third-order valence-corrected chi connectivity index (χ3v) is 6.83. The largest absolute Gasteiger partial charge is 0.440 e. The highest BCUT2D eigenvalue weighted by atomic mass is 32.2. The number of aliphatic hydroxyl groups excluding tert-OH is 1. The molecule has 0 atom stereocenters. The van der Waals surface area contributed by atoms with E-state index in [1.807, 2.05) is 67.6 Å². The zero-order chi connectivity index (χ0) is 23.8. The highest BCUT2D eigenvalue weighted by Gasteiger charge is 2.47. The summed E-state index contributed by atoms with van der Waals surface area (Å²) in [6, 6.07) is 28.1. The van der Waals surface area contributed by atoms with E-state index in [4.69, 9.17) is 13.7 Å². The smallest absolute Gasteiger partial charge is 0.339 e. The molecule has 1 aliphatic heterocycles. The molecule has 4 aromatic rings. The summed E-state index contributed by atoms with van der Waals surface area (Å²) in [4.78, 5) is 0.0116. The van der Waals surface area contributed by atoms with Gasteiger partial charge in [0.2, 0.25) is 5.75 Å². The van der Waals surface area contributed by atoms with E-state index in [9.17, 15) is 13.5 Å². The zero-order valence-electron chi connectivity index (χ0n) is 18.3. The second kappa shape index (κ2) is 8.52. The summed E-state index contributed by atoms with van der Waals surface area (Å²) >= 11 is 0. The number of fused-ring (bicyclic) bond motifs is 1. The quantitative estimate of drug-likeness (QED) is 0.399. The van der Waals surface area contributed by atoms with Gasteiger partial charge in [-0.1, -0.05) is 78.4 Å². The molecule has 0 fully saturated rings. The van der Waals surface area contributed by atoms with Crippen molar-refractivity contribution in [2.45, 2.75) is 24.2 Å². The van der Waals surface area contributed by atoms with Crippen LogP contribution < -0.4 is 13.7 Å². The SMILES string of the molecule is Cc1ccc(S(=O)(=O)Oc2cc(CO)cc3c2OC(c2ccccc2)(c2ccccc2)O3)cc1. The monoisotopic (exact) mass is 474 g/mol. The molecule has 34 heavy (non-hydrogen) atoms. The number of hydrogen-bond donors (Lipinski definition) is 1. The van der Waals surface area contributed by atoms with Crippen molar-refractivity contribution in [3.8, 4) is 17.2 Å². The molecular weight excluding hydrogens is 452 g/mol. The molecule has 0 bridgehead atoms. The van der Waals surface area contributed by atoms with Crippen molar-refractivity contribution in [3.63, 3.8) is 0 Å². The Morgan fingerprint density at radius 2 is 1.41 bits per heavy atom. The molecule has 0 spiro atoms. The molecular formula is C27H22O6S. The third-order valence-electron chi connectivity index (χ3n) is 5.58. The van der Waals surface area contributed by atoms with Crippen molar-refractivity contribution in [1.29, 1.82) is 0 Å². The molecule has 0 unspecified atom stereocenters. The number of aliphatic hydroxyl groups is 1. The van der Waals surface area contributed by atoms with Gasteiger partial charge in [0, 0.05) is 11.1 Å². The Labute approximate surface area is 198 Å². The van der Waals surface area contributed by atoms with Crippen LogP contribution in [0.5, 0.6) is 17.2 Å². The van der Waals surface area contributed by atoms with E-state index in [0.717, 1.165) is 16.7 Å². The van der Waals surface area contributed by atoms with Crippen LogP contribution >= 0.6 is 0 Å². The third kappa shape index (κ3) is 3.89. The molecule has 0 amide bonds. The Hall–Kier alpha value is -3.81. The molecule has 0 aromatic heterocycles. The number of benzene rings is 4. The van der Waals surface area contributed by atoms with Crippen molar-refractivity contribution in [3.05, 3.63) is 119 Å². The Morgan fingerprint density at radius 3 is 1.97 bits per heavy atom. The van der Waals surface area contributed by atoms with Gasteiger partial charge in [-0.2, -0.15) is 8.42 Å². The first-order valence-corrected chi connectivity index (χ1v) is 12.1. The number of hydrogen-bond acceptors (Lipinski definition) is 6. The lowest BCUT2D eigenvalue weighted by Gasteiger charge is -2.28. The van der Waals surface area contributed by atoms with Crippen LogP contribution in [-0.2, 0) is 22.5 Å². The summed E-state index contributed by atoms with van der Waals surface area (Å²) in [5, 5.41) is 9.80. The van der Waals surface area contributed by atoms with Gasteiger partial charge in [-0.25, -0.2) is 0 Å². The van der Waals surface area contributed by atoms with Crippen LogP contribution in [0, 0.1) is 6.92 Å². The molecule has 7 heteroatoms. The van der Waals surface area contributed by atoms with E-state index in [1.165, 1.54) is 18.2 Å². The number of aryl methyl sites for hydroxylation is 1. The van der Waals surface area contributed by atoms with Crippen molar-refractivity contribution < 1.29 is 27.2 Å². The summed E-state index contributed by atoms with van der Waals surface area (Å²) in [6.45, 7) is 1.54. The van der Waals surface area contributed by atoms with E-state index >= 15 is 0 Å². The highest BCUT2D eigenvalue weighted by Crippen LogP contribution is 2.53. The van der Waals surface area contributed by atoms with Gasteiger partial charge in [0.05, 0.1) is 6.61 Å². The van der Waals surface area contributed by atoms with Gasteiger partial charge in [-0.05, 0) is 36.8 Å². The second-order valence-corrected chi connectivity index (χ2v) is 9.53. The molecule has 0 aliphatic carbocycles. The molecule has 1 aliphatic rings. The fourth-order valence-electron chi connectivity index (χ4n) is 3.87. The lowest BCUT2D eigenvalue weighted by atomic mass is 9.97. The molecule has 4 aromatic carbocycles. The summed E-state index contributed by atoms with van der Waals surface area (Å²) in [7, 11) is -4.16. The van der Waals surface area contributed by atoms with Gasteiger partial charge in [-0.15, -0.1) is 0 Å². The fraction of sp³-hybridized carbons (Fsp3) is 0.111. The van der Waals surface area contributed by atoms with Gasteiger partial charge >= 0.3 is 15.9 Å². The van der Waals surface area contributed by atoms with E-state index in [0.29, 0.717) is 5.56 Å². The maximum Gasteiger partial charge on any atom is 0.339 e. The molecule has 0 saturated carbocycles. The molecule has 0 radical (unpaired) electrons. The Morgan fingerprint density at radius 1 is 0.824 bits per heavy atom. The van der Waals surface area contributed by atoms with Crippen LogP contribution in [0.1, 0.15) is 22.3 Å². The van der Waals surface area contributed by atoms with Gasteiger partial charge in [0.25, 0.3) is 0 Å².